The zero-order valence-electron chi connectivity index (χ0n) is 11.1. The van der Waals surface area contributed by atoms with Gasteiger partial charge in [0.2, 0.25) is 11.8 Å². The van der Waals surface area contributed by atoms with Crippen molar-refractivity contribution in [3.8, 4) is 0 Å². The Morgan fingerprint density at radius 3 is 2.60 bits per heavy atom. The van der Waals surface area contributed by atoms with E-state index < -0.39 is 17.7 Å². The molecule has 20 heavy (non-hydrogen) atoms. The first-order chi connectivity index (χ1) is 9.66. The van der Waals surface area contributed by atoms with Crippen molar-refractivity contribution in [2.24, 2.45) is 10.9 Å². The first-order valence-corrected chi connectivity index (χ1v) is 7.03. The maximum atomic E-state index is 11.6. The highest BCUT2D eigenvalue weighted by molar-refractivity contribution is 7.80. The molecule has 0 unspecified atom stereocenters. The van der Waals surface area contributed by atoms with Crippen molar-refractivity contribution in [3.05, 3.63) is 0 Å². The van der Waals surface area contributed by atoms with Gasteiger partial charge in [0.1, 0.15) is 0 Å². The molecule has 0 spiro atoms. The minimum absolute atomic E-state index is 0.0527. The quantitative estimate of drug-likeness (QED) is 0.292. The average Bonchev–Trinajstić information content (AvgIpc) is 2.42. The summed E-state index contributed by atoms with van der Waals surface area (Å²) < 4.78 is 5.27. The van der Waals surface area contributed by atoms with Gasteiger partial charge in [0.05, 0.1) is 13.2 Å². The SMILES string of the molecule is O=C1NC(=S)NC(=O)C1C=NCCCN1CCOCC1. The van der Waals surface area contributed by atoms with E-state index in [0.717, 1.165) is 39.3 Å². The van der Waals surface area contributed by atoms with Crippen LogP contribution in [0.15, 0.2) is 4.99 Å². The normalized spacial score (nSPS) is 22.1. The molecule has 2 rings (SSSR count). The second kappa shape index (κ2) is 7.41. The van der Waals surface area contributed by atoms with Crippen LogP contribution in [0.1, 0.15) is 6.42 Å². The molecular weight excluding hydrogens is 280 g/mol. The number of hydrogen-bond donors (Lipinski definition) is 2. The largest absolute Gasteiger partial charge is 0.379 e. The molecule has 0 saturated carbocycles. The third-order valence-corrected chi connectivity index (χ3v) is 3.36. The first-order valence-electron chi connectivity index (χ1n) is 6.62. The second-order valence-electron chi connectivity index (χ2n) is 4.65. The molecule has 7 nitrogen and oxygen atoms in total. The number of aliphatic imine (C=N–C) groups is 1. The van der Waals surface area contributed by atoms with E-state index in [9.17, 15) is 9.59 Å². The summed E-state index contributed by atoms with van der Waals surface area (Å²) in [5.74, 6) is -1.73. The van der Waals surface area contributed by atoms with E-state index in [2.05, 4.69) is 20.5 Å². The summed E-state index contributed by atoms with van der Waals surface area (Å²) in [4.78, 5) is 29.6. The highest BCUT2D eigenvalue weighted by atomic mass is 32.1. The monoisotopic (exact) mass is 298 g/mol. The average molecular weight is 298 g/mol. The minimum atomic E-state index is -0.884. The smallest absolute Gasteiger partial charge is 0.244 e. The topological polar surface area (TPSA) is 83.0 Å². The van der Waals surface area contributed by atoms with Crippen LogP contribution < -0.4 is 10.6 Å². The molecule has 0 atom stereocenters. The van der Waals surface area contributed by atoms with Crippen LogP contribution in [0.3, 0.4) is 0 Å². The van der Waals surface area contributed by atoms with Gasteiger partial charge in [-0.15, -0.1) is 0 Å². The number of thiocarbonyl (C=S) groups is 1. The van der Waals surface area contributed by atoms with Crippen LogP contribution in [0.5, 0.6) is 0 Å². The van der Waals surface area contributed by atoms with Gasteiger partial charge in [0, 0.05) is 32.4 Å². The van der Waals surface area contributed by atoms with Crippen molar-refractivity contribution in [2.75, 3.05) is 39.4 Å². The van der Waals surface area contributed by atoms with Gasteiger partial charge in [-0.05, 0) is 18.6 Å². The molecule has 8 heteroatoms. The van der Waals surface area contributed by atoms with E-state index in [1.807, 2.05) is 0 Å². The van der Waals surface area contributed by atoms with Crippen molar-refractivity contribution >= 4 is 35.4 Å². The molecule has 0 aliphatic carbocycles. The Morgan fingerprint density at radius 2 is 1.95 bits per heavy atom. The van der Waals surface area contributed by atoms with E-state index in [4.69, 9.17) is 17.0 Å². The van der Waals surface area contributed by atoms with Crippen LogP contribution in [0, 0.1) is 5.92 Å². The minimum Gasteiger partial charge on any atom is -0.379 e. The van der Waals surface area contributed by atoms with E-state index in [1.54, 1.807) is 0 Å². The Morgan fingerprint density at radius 1 is 1.30 bits per heavy atom. The summed E-state index contributed by atoms with van der Waals surface area (Å²) in [5.41, 5.74) is 0. The maximum Gasteiger partial charge on any atom is 0.244 e. The Kier molecular flexibility index (Phi) is 5.57. The summed E-state index contributed by atoms with van der Waals surface area (Å²) >= 11 is 4.72. The molecule has 2 aliphatic rings. The van der Waals surface area contributed by atoms with Crippen molar-refractivity contribution in [2.45, 2.75) is 6.42 Å². The van der Waals surface area contributed by atoms with Gasteiger partial charge in [-0.1, -0.05) is 0 Å². The van der Waals surface area contributed by atoms with Crippen LogP contribution >= 0.6 is 12.2 Å². The van der Waals surface area contributed by atoms with Gasteiger partial charge in [-0.25, -0.2) is 0 Å². The van der Waals surface area contributed by atoms with Crippen LogP contribution in [-0.4, -0.2) is 67.4 Å². The molecule has 2 heterocycles. The van der Waals surface area contributed by atoms with Crippen molar-refractivity contribution in [3.63, 3.8) is 0 Å². The lowest BCUT2D eigenvalue weighted by Gasteiger charge is -2.26. The summed E-state index contributed by atoms with van der Waals surface area (Å²) in [5, 5.41) is 4.85. The maximum absolute atomic E-state index is 11.6. The third kappa shape index (κ3) is 4.32. The summed E-state index contributed by atoms with van der Waals surface area (Å²) in [6.45, 7) is 5.02. The van der Waals surface area contributed by atoms with Crippen LogP contribution in [0.2, 0.25) is 0 Å². The number of hydrogen-bond acceptors (Lipinski definition) is 6. The molecule has 2 fully saturated rings. The van der Waals surface area contributed by atoms with Gasteiger partial charge in [0.25, 0.3) is 0 Å². The zero-order chi connectivity index (χ0) is 14.4. The van der Waals surface area contributed by atoms with Crippen LogP contribution in [-0.2, 0) is 14.3 Å². The standard InChI is InChI=1S/C12H18N4O3S/c17-10-9(11(18)15-12(20)14-10)8-13-2-1-3-16-4-6-19-7-5-16/h8-9H,1-7H2,(H2,14,15,17,18,20). The molecule has 2 aliphatic heterocycles. The molecule has 0 aromatic carbocycles. The lowest BCUT2D eigenvalue weighted by atomic mass is 10.1. The fraction of sp³-hybridized carbons (Fsp3) is 0.667. The molecule has 0 aromatic rings. The fourth-order valence-corrected chi connectivity index (χ4v) is 2.26. The number of ether oxygens (including phenoxy) is 1. The molecule has 2 amide bonds. The number of nitrogens with zero attached hydrogens (tertiary/aromatic N) is 2. The Hall–Kier alpha value is -1.38. The zero-order valence-corrected chi connectivity index (χ0v) is 11.9. The first kappa shape index (κ1) is 15.0. The van der Waals surface area contributed by atoms with Crippen LogP contribution in [0.4, 0.5) is 0 Å². The second-order valence-corrected chi connectivity index (χ2v) is 5.06. The van der Waals surface area contributed by atoms with Gasteiger partial charge < -0.3 is 15.4 Å². The fourth-order valence-electron chi connectivity index (χ4n) is 2.06. The van der Waals surface area contributed by atoms with Crippen molar-refractivity contribution < 1.29 is 14.3 Å². The number of carbonyl (C=O) groups excluding carboxylic acids is 2. The van der Waals surface area contributed by atoms with E-state index in [-0.39, 0.29) is 5.11 Å². The van der Waals surface area contributed by atoms with E-state index in [0.29, 0.717) is 6.54 Å². The van der Waals surface area contributed by atoms with Gasteiger partial charge in [-0.3, -0.25) is 19.5 Å². The summed E-state index contributed by atoms with van der Waals surface area (Å²) in [6, 6.07) is 0. The molecular formula is C12H18N4O3S. The number of amides is 2. The predicted octanol–water partition coefficient (Wildman–Crippen LogP) is -1.07. The number of nitrogens with one attached hydrogen (secondary N) is 2. The number of morpholine rings is 1. The molecule has 0 bridgehead atoms. The molecule has 2 saturated heterocycles. The van der Waals surface area contributed by atoms with E-state index >= 15 is 0 Å². The van der Waals surface area contributed by atoms with Crippen molar-refractivity contribution in [1.29, 1.82) is 0 Å². The Bertz CT molecular complexity index is 401. The Labute approximate surface area is 122 Å². The highest BCUT2D eigenvalue weighted by Gasteiger charge is 2.30. The third-order valence-electron chi connectivity index (χ3n) is 3.16. The molecule has 0 aromatic heterocycles. The molecule has 110 valence electrons. The lowest BCUT2D eigenvalue weighted by molar-refractivity contribution is -0.131. The van der Waals surface area contributed by atoms with Gasteiger partial charge in [0.15, 0.2) is 11.0 Å². The summed E-state index contributed by atoms with van der Waals surface area (Å²) in [6.07, 6.45) is 2.29. The predicted molar refractivity (Wildman–Crippen MR) is 77.6 cm³/mol. The molecule has 2 N–H and O–H groups in total. The summed E-state index contributed by atoms with van der Waals surface area (Å²) in [7, 11) is 0. The molecule has 0 radical (unpaired) electrons. The van der Waals surface area contributed by atoms with E-state index in [1.165, 1.54) is 6.21 Å². The Balaban J connectivity index is 1.68. The number of rotatable bonds is 5. The van der Waals surface area contributed by atoms with Crippen LogP contribution in [0.25, 0.3) is 0 Å². The van der Waals surface area contributed by atoms with Gasteiger partial charge >= 0.3 is 0 Å². The highest BCUT2D eigenvalue weighted by Crippen LogP contribution is 2.01. The lowest BCUT2D eigenvalue weighted by Crippen LogP contribution is -2.56. The number of carbonyl (C=O) groups is 2. The van der Waals surface area contributed by atoms with Crippen molar-refractivity contribution in [1.82, 2.24) is 15.5 Å². The van der Waals surface area contributed by atoms with Gasteiger partial charge in [-0.2, -0.15) is 0 Å².